The highest BCUT2D eigenvalue weighted by Crippen LogP contribution is 2.18. The molecule has 0 amide bonds. The van der Waals surface area contributed by atoms with Crippen LogP contribution in [0.4, 0.5) is 0 Å². The molecule has 0 saturated heterocycles. The van der Waals surface area contributed by atoms with Crippen molar-refractivity contribution in [3.8, 4) is 0 Å². The monoisotopic (exact) mass is 218 g/mol. The van der Waals surface area contributed by atoms with Crippen LogP contribution >= 0.6 is 0 Å². The average Bonchev–Trinajstić information content (AvgIpc) is 2.15. The van der Waals surface area contributed by atoms with E-state index in [0.717, 1.165) is 19.3 Å². The zero-order valence-corrected chi connectivity index (χ0v) is 10.7. The highest BCUT2D eigenvalue weighted by atomic mass is 17.2. The Morgan fingerprint density at radius 1 is 1.27 bits per heavy atom. The summed E-state index contributed by atoms with van der Waals surface area (Å²) in [6, 6.07) is 0. The first-order chi connectivity index (χ1) is 6.90. The molecule has 2 atom stereocenters. The molecular formula is C12H26O3. The molecule has 0 radical (unpaired) electrons. The lowest BCUT2D eigenvalue weighted by Crippen LogP contribution is -2.29. The number of rotatable bonds is 7. The topological polar surface area (TPSA) is 38.7 Å². The van der Waals surface area contributed by atoms with Gasteiger partial charge in [-0.3, -0.25) is 0 Å². The van der Waals surface area contributed by atoms with E-state index >= 15 is 0 Å². The molecule has 0 aliphatic heterocycles. The van der Waals surface area contributed by atoms with Gasteiger partial charge < -0.3 is 5.11 Å². The van der Waals surface area contributed by atoms with Crippen LogP contribution in [0.3, 0.4) is 0 Å². The van der Waals surface area contributed by atoms with E-state index in [0.29, 0.717) is 0 Å². The fourth-order valence-electron chi connectivity index (χ4n) is 1.24. The minimum atomic E-state index is -0.293. The second-order valence-corrected chi connectivity index (χ2v) is 5.08. The fourth-order valence-corrected chi connectivity index (χ4v) is 1.24. The van der Waals surface area contributed by atoms with Gasteiger partial charge in [0.1, 0.15) is 0 Å². The first-order valence-corrected chi connectivity index (χ1v) is 5.86. The molecule has 0 aliphatic rings. The predicted octanol–water partition coefficient (Wildman–Crippen LogP) is 2.92. The van der Waals surface area contributed by atoms with Gasteiger partial charge in [0.25, 0.3) is 0 Å². The van der Waals surface area contributed by atoms with Gasteiger partial charge in [-0.2, -0.15) is 0 Å². The van der Waals surface area contributed by atoms with E-state index in [9.17, 15) is 5.11 Å². The molecule has 0 heterocycles. The summed E-state index contributed by atoms with van der Waals surface area (Å²) in [6.07, 6.45) is 3.19. The molecule has 1 N–H and O–H groups in total. The molecule has 0 aromatic heterocycles. The van der Waals surface area contributed by atoms with E-state index in [-0.39, 0.29) is 24.2 Å². The zero-order valence-electron chi connectivity index (χ0n) is 10.7. The van der Waals surface area contributed by atoms with Crippen LogP contribution in [0.15, 0.2) is 0 Å². The molecule has 0 aromatic carbocycles. The standard InChI is InChI=1S/C12H26O3/c1-6-7-8-11(9-13)10(2)14-15-12(3,4)5/h10-11,13H,6-9H2,1-5H3. The molecule has 0 rings (SSSR count). The lowest BCUT2D eigenvalue weighted by Gasteiger charge is -2.25. The summed E-state index contributed by atoms with van der Waals surface area (Å²) in [4.78, 5) is 10.5. The smallest absolute Gasteiger partial charge is 0.0952 e. The summed E-state index contributed by atoms with van der Waals surface area (Å²) in [7, 11) is 0. The summed E-state index contributed by atoms with van der Waals surface area (Å²) < 4.78 is 0. The summed E-state index contributed by atoms with van der Waals surface area (Å²) in [6.45, 7) is 10.1. The number of aliphatic hydroxyl groups excluding tert-OH is 1. The van der Waals surface area contributed by atoms with E-state index in [4.69, 9.17) is 9.78 Å². The van der Waals surface area contributed by atoms with Gasteiger partial charge >= 0.3 is 0 Å². The van der Waals surface area contributed by atoms with Gasteiger partial charge in [-0.25, -0.2) is 9.78 Å². The highest BCUT2D eigenvalue weighted by Gasteiger charge is 2.20. The van der Waals surface area contributed by atoms with E-state index in [1.807, 2.05) is 27.7 Å². The highest BCUT2D eigenvalue weighted by molar-refractivity contribution is 4.64. The number of aliphatic hydroxyl groups is 1. The van der Waals surface area contributed by atoms with E-state index in [2.05, 4.69) is 6.92 Å². The minimum Gasteiger partial charge on any atom is -0.396 e. The second kappa shape index (κ2) is 7.20. The van der Waals surface area contributed by atoms with Crippen LogP contribution in [0.25, 0.3) is 0 Å². The van der Waals surface area contributed by atoms with Crippen LogP contribution in [-0.2, 0) is 9.78 Å². The van der Waals surface area contributed by atoms with Crippen molar-refractivity contribution < 1.29 is 14.9 Å². The van der Waals surface area contributed by atoms with Crippen molar-refractivity contribution in [2.75, 3.05) is 6.61 Å². The molecule has 0 bridgehead atoms. The third-order valence-electron chi connectivity index (χ3n) is 2.28. The normalized spacial score (nSPS) is 16.4. The van der Waals surface area contributed by atoms with Crippen LogP contribution in [-0.4, -0.2) is 23.4 Å². The minimum absolute atomic E-state index is 0.0548. The largest absolute Gasteiger partial charge is 0.396 e. The van der Waals surface area contributed by atoms with Crippen molar-refractivity contribution in [3.05, 3.63) is 0 Å². The summed E-state index contributed by atoms with van der Waals surface area (Å²) >= 11 is 0. The molecule has 3 nitrogen and oxygen atoms in total. The van der Waals surface area contributed by atoms with Crippen molar-refractivity contribution in [1.82, 2.24) is 0 Å². The van der Waals surface area contributed by atoms with Crippen molar-refractivity contribution in [3.63, 3.8) is 0 Å². The Hall–Kier alpha value is -0.120. The molecule has 0 aromatic rings. The molecule has 2 unspecified atom stereocenters. The SMILES string of the molecule is CCCCC(CO)C(C)OOC(C)(C)C. The maximum Gasteiger partial charge on any atom is 0.0952 e. The van der Waals surface area contributed by atoms with Gasteiger partial charge in [0, 0.05) is 12.5 Å². The maximum atomic E-state index is 9.22. The van der Waals surface area contributed by atoms with Crippen LogP contribution in [0.1, 0.15) is 53.9 Å². The van der Waals surface area contributed by atoms with Crippen LogP contribution < -0.4 is 0 Å². The number of hydrogen-bond donors (Lipinski definition) is 1. The Morgan fingerprint density at radius 2 is 1.87 bits per heavy atom. The van der Waals surface area contributed by atoms with Crippen molar-refractivity contribution in [1.29, 1.82) is 0 Å². The quantitative estimate of drug-likeness (QED) is 0.527. The zero-order chi connectivity index (χ0) is 11.9. The molecule has 0 spiro atoms. The first kappa shape index (κ1) is 14.9. The lowest BCUT2D eigenvalue weighted by atomic mass is 9.98. The maximum absolute atomic E-state index is 9.22. The fraction of sp³-hybridized carbons (Fsp3) is 1.00. The van der Waals surface area contributed by atoms with Gasteiger partial charge in [0.2, 0.25) is 0 Å². The second-order valence-electron chi connectivity index (χ2n) is 5.08. The third kappa shape index (κ3) is 7.77. The first-order valence-electron chi connectivity index (χ1n) is 5.86. The van der Waals surface area contributed by atoms with Gasteiger partial charge in [-0.05, 0) is 34.1 Å². The molecule has 3 heteroatoms. The van der Waals surface area contributed by atoms with Crippen molar-refractivity contribution in [2.45, 2.75) is 65.6 Å². The Kier molecular flexibility index (Phi) is 7.14. The van der Waals surface area contributed by atoms with Gasteiger partial charge in [-0.15, -0.1) is 0 Å². The van der Waals surface area contributed by atoms with Gasteiger partial charge in [-0.1, -0.05) is 19.8 Å². The average molecular weight is 218 g/mol. The Morgan fingerprint density at radius 3 is 2.27 bits per heavy atom. The molecule has 92 valence electrons. The molecular weight excluding hydrogens is 192 g/mol. The Labute approximate surface area is 93.7 Å². The third-order valence-corrected chi connectivity index (χ3v) is 2.28. The number of unbranched alkanes of at least 4 members (excludes halogenated alkanes) is 1. The number of hydrogen-bond acceptors (Lipinski definition) is 3. The van der Waals surface area contributed by atoms with Crippen LogP contribution in [0, 0.1) is 5.92 Å². The van der Waals surface area contributed by atoms with Crippen molar-refractivity contribution >= 4 is 0 Å². The molecule has 15 heavy (non-hydrogen) atoms. The Bertz CT molecular complexity index is 151. The molecule has 0 fully saturated rings. The van der Waals surface area contributed by atoms with Gasteiger partial charge in [0.05, 0.1) is 11.7 Å². The summed E-state index contributed by atoms with van der Waals surface area (Å²) in [5, 5.41) is 9.22. The van der Waals surface area contributed by atoms with Crippen LogP contribution in [0.2, 0.25) is 0 Å². The predicted molar refractivity (Wildman–Crippen MR) is 61.5 cm³/mol. The summed E-state index contributed by atoms with van der Waals surface area (Å²) in [5.74, 6) is 0.173. The van der Waals surface area contributed by atoms with Crippen LogP contribution in [0.5, 0.6) is 0 Å². The molecule has 0 saturated carbocycles. The van der Waals surface area contributed by atoms with E-state index < -0.39 is 0 Å². The lowest BCUT2D eigenvalue weighted by molar-refractivity contribution is -0.378. The Balaban J connectivity index is 3.87. The van der Waals surface area contributed by atoms with Gasteiger partial charge in [0.15, 0.2) is 0 Å². The van der Waals surface area contributed by atoms with E-state index in [1.54, 1.807) is 0 Å². The van der Waals surface area contributed by atoms with E-state index in [1.165, 1.54) is 0 Å². The van der Waals surface area contributed by atoms with Crippen molar-refractivity contribution in [2.24, 2.45) is 5.92 Å². The molecule has 0 aliphatic carbocycles. The summed E-state index contributed by atoms with van der Waals surface area (Å²) in [5.41, 5.74) is -0.293.